The topological polar surface area (TPSA) is 88.1 Å². The van der Waals surface area contributed by atoms with E-state index in [2.05, 4.69) is 51.8 Å². The van der Waals surface area contributed by atoms with Gasteiger partial charge in [0.25, 0.3) is 11.5 Å². The molecule has 0 aliphatic carbocycles. The van der Waals surface area contributed by atoms with Gasteiger partial charge in [0.1, 0.15) is 5.75 Å². The standard InChI is InChI=1S/C32H38N4O4/c1-19-11-24(15-27(12-19)39-6)25-14-26-16-28(31(37)33-17-29-20(2)13-21(3)34-32(29)38)22(4)30(36(26)18-25)23(5)35-7-9-40-10-8-35/h11-16,18,23H,7-10,17H2,1-6H3,(H,33,37)(H,34,38). The molecule has 1 unspecified atom stereocenters. The average Bonchev–Trinajstić information content (AvgIpc) is 3.35. The second-order valence-electron chi connectivity index (χ2n) is 10.8. The Balaban J connectivity index is 1.58. The summed E-state index contributed by atoms with van der Waals surface area (Å²) < 4.78 is 13.3. The van der Waals surface area contributed by atoms with Crippen LogP contribution in [0.1, 0.15) is 57.0 Å². The lowest BCUT2D eigenvalue weighted by Crippen LogP contribution is -2.39. The maximum atomic E-state index is 13.6. The molecule has 0 radical (unpaired) electrons. The van der Waals surface area contributed by atoms with Crippen molar-refractivity contribution in [3.63, 3.8) is 0 Å². The molecule has 1 saturated heterocycles. The van der Waals surface area contributed by atoms with Crippen LogP contribution in [0.5, 0.6) is 5.75 Å². The van der Waals surface area contributed by atoms with Crippen LogP contribution in [-0.4, -0.2) is 53.6 Å². The number of nitrogens with one attached hydrogen (secondary N) is 2. The summed E-state index contributed by atoms with van der Waals surface area (Å²) in [4.78, 5) is 31.4. The van der Waals surface area contributed by atoms with Crippen LogP contribution in [0.4, 0.5) is 0 Å². The zero-order valence-corrected chi connectivity index (χ0v) is 24.2. The summed E-state index contributed by atoms with van der Waals surface area (Å²) in [6.45, 7) is 13.2. The number of rotatable bonds is 7. The second kappa shape index (κ2) is 11.3. The van der Waals surface area contributed by atoms with Gasteiger partial charge in [-0.2, -0.15) is 0 Å². The summed E-state index contributed by atoms with van der Waals surface area (Å²) in [6.07, 6.45) is 2.15. The van der Waals surface area contributed by atoms with Crippen LogP contribution in [0.3, 0.4) is 0 Å². The molecule has 5 rings (SSSR count). The molecule has 1 aliphatic heterocycles. The minimum Gasteiger partial charge on any atom is -0.497 e. The number of nitrogens with zero attached hydrogens (tertiary/aromatic N) is 2. The molecule has 1 aromatic carbocycles. The number of carbonyl (C=O) groups is 1. The highest BCUT2D eigenvalue weighted by atomic mass is 16.5. The Kier molecular flexibility index (Phi) is 7.83. The molecule has 8 heteroatoms. The highest BCUT2D eigenvalue weighted by Crippen LogP contribution is 2.33. The van der Waals surface area contributed by atoms with Crippen LogP contribution in [0.2, 0.25) is 0 Å². The van der Waals surface area contributed by atoms with Crippen molar-refractivity contribution in [2.75, 3.05) is 33.4 Å². The Morgan fingerprint density at radius 2 is 1.80 bits per heavy atom. The number of ether oxygens (including phenoxy) is 2. The smallest absolute Gasteiger partial charge is 0.253 e. The Hall–Kier alpha value is -3.88. The van der Waals surface area contributed by atoms with Crippen molar-refractivity contribution in [2.24, 2.45) is 0 Å². The highest BCUT2D eigenvalue weighted by Gasteiger charge is 2.26. The first-order valence-electron chi connectivity index (χ1n) is 13.8. The summed E-state index contributed by atoms with van der Waals surface area (Å²) in [7, 11) is 1.68. The fourth-order valence-corrected chi connectivity index (χ4v) is 5.82. The van der Waals surface area contributed by atoms with E-state index in [-0.39, 0.29) is 24.1 Å². The molecule has 0 saturated carbocycles. The second-order valence-corrected chi connectivity index (χ2v) is 10.8. The Morgan fingerprint density at radius 3 is 2.50 bits per heavy atom. The molecular formula is C32H38N4O4. The molecule has 8 nitrogen and oxygen atoms in total. The summed E-state index contributed by atoms with van der Waals surface area (Å²) >= 11 is 0. The Labute approximate surface area is 234 Å². The number of morpholine rings is 1. The molecule has 1 atom stereocenters. The van der Waals surface area contributed by atoms with E-state index < -0.39 is 0 Å². The lowest BCUT2D eigenvalue weighted by atomic mass is 10.0. The van der Waals surface area contributed by atoms with Crippen molar-refractivity contribution in [1.82, 2.24) is 19.6 Å². The van der Waals surface area contributed by atoms with Gasteiger partial charge in [0.15, 0.2) is 0 Å². The van der Waals surface area contributed by atoms with Crippen molar-refractivity contribution in [2.45, 2.75) is 47.2 Å². The van der Waals surface area contributed by atoms with Crippen LogP contribution in [0, 0.1) is 27.7 Å². The molecule has 2 N–H and O–H groups in total. The third-order valence-electron chi connectivity index (χ3n) is 7.96. The zero-order chi connectivity index (χ0) is 28.6. The number of fused-ring (bicyclic) bond motifs is 1. The van der Waals surface area contributed by atoms with Crippen LogP contribution in [0.15, 0.2) is 47.4 Å². The van der Waals surface area contributed by atoms with E-state index in [9.17, 15) is 9.59 Å². The van der Waals surface area contributed by atoms with E-state index in [1.54, 1.807) is 7.11 Å². The van der Waals surface area contributed by atoms with Crippen molar-refractivity contribution in [3.8, 4) is 16.9 Å². The first kappa shape index (κ1) is 27.7. The lowest BCUT2D eigenvalue weighted by molar-refractivity contribution is 0.0187. The fraction of sp³-hybridized carbons (Fsp3) is 0.375. The van der Waals surface area contributed by atoms with E-state index in [0.29, 0.717) is 24.3 Å². The predicted octanol–water partition coefficient (Wildman–Crippen LogP) is 4.86. The van der Waals surface area contributed by atoms with E-state index in [4.69, 9.17) is 9.47 Å². The van der Waals surface area contributed by atoms with Crippen molar-refractivity contribution in [1.29, 1.82) is 0 Å². The number of aryl methyl sites for hydroxylation is 3. The fourth-order valence-electron chi connectivity index (χ4n) is 5.82. The predicted molar refractivity (Wildman–Crippen MR) is 157 cm³/mol. The number of methoxy groups -OCH3 is 1. The van der Waals surface area contributed by atoms with Gasteiger partial charge in [-0.25, -0.2) is 0 Å². The maximum absolute atomic E-state index is 13.6. The molecule has 4 aromatic rings. The lowest BCUT2D eigenvalue weighted by Gasteiger charge is -2.34. The number of amides is 1. The number of hydrogen-bond acceptors (Lipinski definition) is 5. The van der Waals surface area contributed by atoms with Gasteiger partial charge in [-0.1, -0.05) is 6.07 Å². The van der Waals surface area contributed by atoms with Crippen LogP contribution < -0.4 is 15.6 Å². The van der Waals surface area contributed by atoms with Crippen molar-refractivity contribution < 1.29 is 14.3 Å². The minimum absolute atomic E-state index is 0.0635. The van der Waals surface area contributed by atoms with Crippen LogP contribution in [0.25, 0.3) is 16.6 Å². The van der Waals surface area contributed by atoms with Crippen LogP contribution >= 0.6 is 0 Å². The molecular weight excluding hydrogens is 504 g/mol. The van der Waals surface area contributed by atoms with Gasteiger partial charge in [-0.15, -0.1) is 0 Å². The van der Waals surface area contributed by atoms with Crippen LogP contribution in [-0.2, 0) is 11.3 Å². The minimum atomic E-state index is -0.199. The number of carbonyl (C=O) groups excluding carboxylic acids is 1. The molecule has 0 spiro atoms. The van der Waals surface area contributed by atoms with E-state index in [1.807, 2.05) is 45.0 Å². The molecule has 4 heterocycles. The highest BCUT2D eigenvalue weighted by molar-refractivity contribution is 5.97. The SMILES string of the molecule is COc1cc(C)cc(-c2cc3cc(C(=O)NCc4c(C)cc(C)[nH]c4=O)c(C)c(C(C)N4CCOCC4)n3c2)c1. The van der Waals surface area contributed by atoms with Crippen molar-refractivity contribution >= 4 is 11.4 Å². The number of benzene rings is 1. The monoisotopic (exact) mass is 542 g/mol. The first-order valence-corrected chi connectivity index (χ1v) is 13.8. The van der Waals surface area contributed by atoms with Gasteiger partial charge >= 0.3 is 0 Å². The first-order chi connectivity index (χ1) is 19.2. The Morgan fingerprint density at radius 1 is 1.05 bits per heavy atom. The number of aromatic nitrogens is 2. The maximum Gasteiger partial charge on any atom is 0.253 e. The van der Waals surface area contributed by atoms with Gasteiger partial charge in [0.05, 0.1) is 20.3 Å². The van der Waals surface area contributed by atoms with Gasteiger partial charge in [-0.05, 0) is 87.2 Å². The normalized spacial score (nSPS) is 14.8. The van der Waals surface area contributed by atoms with Gasteiger partial charge in [-0.3, -0.25) is 14.5 Å². The summed E-state index contributed by atoms with van der Waals surface area (Å²) in [6, 6.07) is 12.2. The van der Waals surface area contributed by atoms with Crippen molar-refractivity contribution in [3.05, 3.63) is 92.2 Å². The largest absolute Gasteiger partial charge is 0.497 e. The zero-order valence-electron chi connectivity index (χ0n) is 24.2. The average molecular weight is 543 g/mol. The molecule has 210 valence electrons. The number of pyridine rings is 2. The molecule has 40 heavy (non-hydrogen) atoms. The van der Waals surface area contributed by atoms with Gasteiger partial charge in [0, 0.05) is 65.5 Å². The Bertz CT molecular complexity index is 1630. The third-order valence-corrected chi connectivity index (χ3v) is 7.96. The molecule has 0 bridgehead atoms. The molecule has 1 fully saturated rings. The molecule has 1 amide bonds. The van der Waals surface area contributed by atoms with Gasteiger partial charge < -0.3 is 24.2 Å². The van der Waals surface area contributed by atoms with E-state index >= 15 is 0 Å². The van der Waals surface area contributed by atoms with E-state index in [1.165, 1.54) is 0 Å². The summed E-state index contributed by atoms with van der Waals surface area (Å²) in [5.74, 6) is 0.611. The summed E-state index contributed by atoms with van der Waals surface area (Å²) in [5.41, 5.74) is 8.82. The number of H-pyrrole nitrogens is 1. The van der Waals surface area contributed by atoms with Gasteiger partial charge in [0.2, 0.25) is 0 Å². The van der Waals surface area contributed by atoms with E-state index in [0.717, 1.165) is 63.6 Å². The number of hydrogen-bond donors (Lipinski definition) is 2. The molecule has 1 aliphatic rings. The third kappa shape index (κ3) is 5.42. The summed E-state index contributed by atoms with van der Waals surface area (Å²) in [5, 5.41) is 3.01. The quantitative estimate of drug-likeness (QED) is 0.348. The molecule has 3 aromatic heterocycles. The number of aromatic amines is 1.